The summed E-state index contributed by atoms with van der Waals surface area (Å²) in [6.45, 7) is 4.59. The molecule has 182 valence electrons. The van der Waals surface area contributed by atoms with Crippen molar-refractivity contribution in [2.75, 3.05) is 51.6 Å². The Bertz CT molecular complexity index is 657. The standard InChI is InChI=1S/C10H19F3N2O3S.2C2H2O4/c1-2-14-3-5-15(6-4-14)7-8-19(16,17)18-9-10(11,12)13;2*3-1(4)2(5)6/h2-9H2,1H3;2*(H,3,4)(H,5,6). The summed E-state index contributed by atoms with van der Waals surface area (Å²) in [7, 11) is -4.11. The summed E-state index contributed by atoms with van der Waals surface area (Å²) in [5.41, 5.74) is 0. The normalized spacial score (nSPS) is 15.0. The van der Waals surface area contributed by atoms with Crippen LogP contribution in [0.1, 0.15) is 6.92 Å². The zero-order chi connectivity index (χ0) is 24.8. The van der Waals surface area contributed by atoms with Crippen LogP contribution in [0.15, 0.2) is 0 Å². The van der Waals surface area contributed by atoms with Crippen LogP contribution in [0.3, 0.4) is 0 Å². The van der Waals surface area contributed by atoms with Crippen LogP contribution in [0.25, 0.3) is 0 Å². The molecule has 17 heteroatoms. The lowest BCUT2D eigenvalue weighted by atomic mass is 10.3. The summed E-state index contributed by atoms with van der Waals surface area (Å²) >= 11 is 0. The summed E-state index contributed by atoms with van der Waals surface area (Å²) in [6, 6.07) is 0. The third-order valence-corrected chi connectivity index (χ3v) is 4.50. The predicted octanol–water partition coefficient (Wildman–Crippen LogP) is -1.16. The number of rotatable bonds is 6. The van der Waals surface area contributed by atoms with Gasteiger partial charge in [-0.25, -0.2) is 19.2 Å². The lowest BCUT2D eigenvalue weighted by molar-refractivity contribution is -0.159. The highest BCUT2D eigenvalue weighted by Gasteiger charge is 2.31. The van der Waals surface area contributed by atoms with Crippen LogP contribution in [0.4, 0.5) is 13.2 Å². The van der Waals surface area contributed by atoms with Crippen molar-refractivity contribution in [2.24, 2.45) is 0 Å². The van der Waals surface area contributed by atoms with Gasteiger partial charge < -0.3 is 25.3 Å². The summed E-state index contributed by atoms with van der Waals surface area (Å²) in [6.07, 6.45) is -4.63. The molecule has 1 heterocycles. The minimum Gasteiger partial charge on any atom is -0.473 e. The fourth-order valence-corrected chi connectivity index (χ4v) is 2.70. The van der Waals surface area contributed by atoms with Crippen LogP contribution in [-0.4, -0.2) is 120 Å². The Kier molecular flexibility index (Phi) is 14.4. The first-order valence-electron chi connectivity index (χ1n) is 8.31. The first-order valence-corrected chi connectivity index (χ1v) is 9.89. The van der Waals surface area contributed by atoms with Gasteiger partial charge in [-0.1, -0.05) is 6.92 Å². The van der Waals surface area contributed by atoms with Gasteiger partial charge in [0.15, 0.2) is 6.61 Å². The molecule has 0 bridgehead atoms. The molecule has 0 saturated carbocycles. The fourth-order valence-electron chi connectivity index (χ4n) is 1.79. The van der Waals surface area contributed by atoms with Crippen molar-refractivity contribution in [3.05, 3.63) is 0 Å². The van der Waals surface area contributed by atoms with Crippen molar-refractivity contribution in [3.63, 3.8) is 0 Å². The van der Waals surface area contributed by atoms with E-state index in [-0.39, 0.29) is 6.54 Å². The number of piperazine rings is 1. The van der Waals surface area contributed by atoms with Crippen LogP contribution in [-0.2, 0) is 33.5 Å². The largest absolute Gasteiger partial charge is 0.473 e. The highest BCUT2D eigenvalue weighted by molar-refractivity contribution is 7.86. The van der Waals surface area contributed by atoms with Gasteiger partial charge in [0, 0.05) is 32.7 Å². The number of hydrogen-bond donors (Lipinski definition) is 4. The van der Waals surface area contributed by atoms with E-state index < -0.39 is 52.5 Å². The Labute approximate surface area is 174 Å². The zero-order valence-electron chi connectivity index (χ0n) is 16.2. The molecule has 0 atom stereocenters. The van der Waals surface area contributed by atoms with Crippen LogP contribution in [0.5, 0.6) is 0 Å². The summed E-state index contributed by atoms with van der Waals surface area (Å²) < 4.78 is 62.1. The molecule has 1 rings (SSSR count). The maximum atomic E-state index is 11.9. The molecule has 13 nitrogen and oxygen atoms in total. The molecule has 1 fully saturated rings. The molecule has 0 aromatic rings. The van der Waals surface area contributed by atoms with E-state index in [4.69, 9.17) is 39.6 Å². The zero-order valence-corrected chi connectivity index (χ0v) is 17.1. The number of halogens is 3. The molecular weight excluding hydrogens is 461 g/mol. The molecule has 0 aliphatic carbocycles. The summed E-state index contributed by atoms with van der Waals surface area (Å²) in [5, 5.41) is 29.6. The molecular formula is C14H23F3N2O11S. The monoisotopic (exact) mass is 484 g/mol. The fraction of sp³-hybridized carbons (Fsp3) is 0.714. The van der Waals surface area contributed by atoms with Crippen molar-refractivity contribution in [3.8, 4) is 0 Å². The topological polar surface area (TPSA) is 199 Å². The molecule has 0 amide bonds. The van der Waals surface area contributed by atoms with Gasteiger partial charge in [-0.3, -0.25) is 9.08 Å². The second kappa shape index (κ2) is 14.5. The number of nitrogens with zero attached hydrogens (tertiary/aromatic N) is 2. The summed E-state index contributed by atoms with van der Waals surface area (Å²) in [4.78, 5) is 40.5. The number of carboxylic acid groups (broad SMARTS) is 4. The Morgan fingerprint density at radius 3 is 1.48 bits per heavy atom. The predicted molar refractivity (Wildman–Crippen MR) is 94.9 cm³/mol. The number of hydrogen-bond acceptors (Lipinski definition) is 9. The first-order chi connectivity index (χ1) is 14.0. The highest BCUT2D eigenvalue weighted by Crippen LogP contribution is 2.16. The van der Waals surface area contributed by atoms with E-state index in [1.807, 2.05) is 11.8 Å². The Morgan fingerprint density at radius 2 is 1.19 bits per heavy atom. The van der Waals surface area contributed by atoms with Crippen LogP contribution in [0.2, 0.25) is 0 Å². The van der Waals surface area contributed by atoms with Gasteiger partial charge in [-0.15, -0.1) is 0 Å². The molecule has 1 saturated heterocycles. The van der Waals surface area contributed by atoms with Gasteiger partial charge in [0.25, 0.3) is 10.1 Å². The number of alkyl halides is 3. The minimum atomic E-state index is -4.63. The molecule has 1 aliphatic rings. The van der Waals surface area contributed by atoms with Gasteiger partial charge in [0.1, 0.15) is 0 Å². The smallest absolute Gasteiger partial charge is 0.414 e. The van der Waals surface area contributed by atoms with Gasteiger partial charge >= 0.3 is 30.1 Å². The molecule has 31 heavy (non-hydrogen) atoms. The molecule has 0 spiro atoms. The van der Waals surface area contributed by atoms with E-state index in [1.165, 1.54) is 0 Å². The summed E-state index contributed by atoms with van der Waals surface area (Å²) in [5.74, 6) is -7.70. The average Bonchev–Trinajstić information content (AvgIpc) is 2.66. The van der Waals surface area contributed by atoms with Crippen molar-refractivity contribution in [1.82, 2.24) is 9.80 Å². The van der Waals surface area contributed by atoms with Crippen molar-refractivity contribution in [1.29, 1.82) is 0 Å². The lowest BCUT2D eigenvalue weighted by Crippen LogP contribution is -2.47. The minimum absolute atomic E-state index is 0.206. The molecule has 0 aromatic heterocycles. The van der Waals surface area contributed by atoms with Crippen molar-refractivity contribution < 1.29 is 65.4 Å². The number of carbonyl (C=O) groups is 4. The number of carboxylic acids is 4. The van der Waals surface area contributed by atoms with Gasteiger partial charge in [0.2, 0.25) is 0 Å². The maximum absolute atomic E-state index is 11.9. The molecule has 0 radical (unpaired) electrons. The second-order valence-electron chi connectivity index (χ2n) is 5.64. The average molecular weight is 484 g/mol. The SMILES string of the molecule is CCN1CCN(CCS(=O)(=O)OCC(F)(F)F)CC1.O=C(O)C(=O)O.O=C(O)C(=O)O. The van der Waals surface area contributed by atoms with Crippen LogP contribution >= 0.6 is 0 Å². The third kappa shape index (κ3) is 19.2. The maximum Gasteiger partial charge on any atom is 0.414 e. The first kappa shape index (κ1) is 30.7. The molecule has 0 aromatic carbocycles. The van der Waals surface area contributed by atoms with E-state index in [9.17, 15) is 21.6 Å². The second-order valence-corrected chi connectivity index (χ2v) is 7.39. The van der Waals surface area contributed by atoms with E-state index in [0.29, 0.717) is 0 Å². The van der Waals surface area contributed by atoms with Crippen LogP contribution in [0, 0.1) is 0 Å². The van der Waals surface area contributed by atoms with Gasteiger partial charge in [-0.05, 0) is 6.54 Å². The number of aliphatic carboxylic acids is 4. The van der Waals surface area contributed by atoms with Crippen molar-refractivity contribution in [2.45, 2.75) is 13.1 Å². The van der Waals surface area contributed by atoms with E-state index in [1.54, 1.807) is 0 Å². The lowest BCUT2D eigenvalue weighted by Gasteiger charge is -2.33. The Morgan fingerprint density at radius 1 is 0.839 bits per heavy atom. The van der Waals surface area contributed by atoms with E-state index in [2.05, 4.69) is 9.08 Å². The Hall–Kier alpha value is -2.50. The quantitative estimate of drug-likeness (QED) is 0.260. The molecule has 1 aliphatic heterocycles. The van der Waals surface area contributed by atoms with E-state index in [0.717, 1.165) is 32.7 Å². The van der Waals surface area contributed by atoms with Gasteiger partial charge in [-0.2, -0.15) is 21.6 Å². The molecule has 0 unspecified atom stereocenters. The Balaban J connectivity index is 0. The van der Waals surface area contributed by atoms with Gasteiger partial charge in [0.05, 0.1) is 5.75 Å². The van der Waals surface area contributed by atoms with Crippen molar-refractivity contribution >= 4 is 34.0 Å². The third-order valence-electron chi connectivity index (χ3n) is 3.34. The van der Waals surface area contributed by atoms with E-state index >= 15 is 0 Å². The van der Waals surface area contributed by atoms with Crippen LogP contribution < -0.4 is 0 Å². The highest BCUT2D eigenvalue weighted by atomic mass is 32.2. The number of likely N-dealkylation sites (N-methyl/N-ethyl adjacent to an activating group) is 1. The molecule has 4 N–H and O–H groups in total.